The first-order valence-corrected chi connectivity index (χ1v) is 15.3. The summed E-state index contributed by atoms with van der Waals surface area (Å²) in [7, 11) is 0. The van der Waals surface area contributed by atoms with E-state index in [-0.39, 0.29) is 0 Å². The van der Waals surface area contributed by atoms with Crippen molar-refractivity contribution in [3.8, 4) is 0 Å². The lowest BCUT2D eigenvalue weighted by Crippen LogP contribution is -2.52. The van der Waals surface area contributed by atoms with E-state index in [4.69, 9.17) is 0 Å². The predicted octanol–water partition coefficient (Wildman–Crippen LogP) is 9.62. The van der Waals surface area contributed by atoms with Crippen molar-refractivity contribution >= 4 is 0 Å². The van der Waals surface area contributed by atoms with E-state index < -0.39 is 0 Å². The van der Waals surface area contributed by atoms with E-state index in [1.165, 1.54) is 82.6 Å². The van der Waals surface area contributed by atoms with Crippen LogP contribution in [0.5, 0.6) is 0 Å². The largest absolute Gasteiger partial charge is 0.0625 e. The molecule has 0 aromatic heterocycles. The van der Waals surface area contributed by atoms with Gasteiger partial charge in [0.2, 0.25) is 0 Å². The molecule has 7 atom stereocenters. The van der Waals surface area contributed by atoms with Crippen molar-refractivity contribution in [3.05, 3.63) is 71.3 Å². The van der Waals surface area contributed by atoms with Crippen molar-refractivity contribution in [1.82, 2.24) is 0 Å². The Kier molecular flexibility index (Phi) is 7.10. The molecule has 35 heavy (non-hydrogen) atoms. The van der Waals surface area contributed by atoms with Gasteiger partial charge in [-0.1, -0.05) is 80.8 Å². The molecule has 0 radical (unpaired) electrons. The van der Waals surface area contributed by atoms with Crippen molar-refractivity contribution in [1.29, 1.82) is 0 Å². The van der Waals surface area contributed by atoms with Crippen LogP contribution >= 0.6 is 0 Å². The highest BCUT2D eigenvalue weighted by molar-refractivity contribution is 5.27. The van der Waals surface area contributed by atoms with Crippen LogP contribution < -0.4 is 0 Å². The van der Waals surface area contributed by atoms with Gasteiger partial charge in [-0.3, -0.25) is 0 Å². The molecule has 0 N–H and O–H groups in total. The Bertz CT molecular complexity index is 951. The molecule has 0 heterocycles. The van der Waals surface area contributed by atoms with Gasteiger partial charge in [0.05, 0.1) is 0 Å². The van der Waals surface area contributed by atoms with Crippen LogP contribution in [0.1, 0.15) is 100 Å². The second kappa shape index (κ2) is 10.4. The third-order valence-electron chi connectivity index (χ3n) is 11.5. The lowest BCUT2D eigenvalue weighted by atomic mass is 9.46. The molecule has 0 nitrogen and oxygen atoms in total. The topological polar surface area (TPSA) is 0 Å². The number of aryl methyl sites for hydroxylation is 1. The van der Waals surface area contributed by atoms with E-state index >= 15 is 0 Å². The van der Waals surface area contributed by atoms with Crippen LogP contribution in [0, 0.1) is 54.3 Å². The summed E-state index contributed by atoms with van der Waals surface area (Å²) in [5.41, 5.74) is 4.79. The molecule has 4 saturated carbocycles. The zero-order valence-corrected chi connectivity index (χ0v) is 22.4. The van der Waals surface area contributed by atoms with Gasteiger partial charge in [0.25, 0.3) is 0 Å². The van der Waals surface area contributed by atoms with Crippen LogP contribution in [-0.4, -0.2) is 0 Å². The van der Waals surface area contributed by atoms with Crippen molar-refractivity contribution < 1.29 is 0 Å². The minimum absolute atomic E-state index is 0.813. The Morgan fingerprint density at radius 2 is 1.34 bits per heavy atom. The normalized spacial score (nSPS) is 39.4. The summed E-state index contributed by atoms with van der Waals surface area (Å²) in [6, 6.07) is 20.8. The van der Waals surface area contributed by atoms with Gasteiger partial charge in [-0.25, -0.2) is 0 Å². The third kappa shape index (κ3) is 4.76. The van der Waals surface area contributed by atoms with Gasteiger partial charge in [-0.05, 0) is 135 Å². The first-order chi connectivity index (χ1) is 17.2. The minimum Gasteiger partial charge on any atom is -0.0625 e. The van der Waals surface area contributed by atoms with Gasteiger partial charge in [-0.2, -0.15) is 0 Å². The smallest absolute Gasteiger partial charge is 0.0162 e. The fourth-order valence-electron chi connectivity index (χ4n) is 9.91. The maximum atomic E-state index is 2.57. The van der Waals surface area contributed by atoms with E-state index in [1.807, 2.05) is 0 Å². The van der Waals surface area contributed by atoms with Crippen LogP contribution in [0.15, 0.2) is 54.6 Å². The van der Waals surface area contributed by atoms with E-state index in [0.717, 1.165) is 53.3 Å². The van der Waals surface area contributed by atoms with Crippen molar-refractivity contribution in [2.75, 3.05) is 0 Å². The Hall–Kier alpha value is -1.56. The Morgan fingerprint density at radius 3 is 2.11 bits per heavy atom. The molecular formula is C35H48. The molecule has 4 aliphatic carbocycles. The van der Waals surface area contributed by atoms with Crippen molar-refractivity contribution in [2.24, 2.45) is 47.3 Å². The number of benzene rings is 2. The lowest BCUT2D eigenvalue weighted by Gasteiger charge is -2.59. The zero-order valence-electron chi connectivity index (χ0n) is 22.4. The highest BCUT2D eigenvalue weighted by Gasteiger charge is 2.53. The quantitative estimate of drug-likeness (QED) is 0.419. The molecule has 188 valence electrons. The molecule has 2 aromatic rings. The monoisotopic (exact) mass is 468 g/mol. The maximum absolute atomic E-state index is 2.57. The Labute approximate surface area is 215 Å². The van der Waals surface area contributed by atoms with Crippen molar-refractivity contribution in [2.45, 2.75) is 96.8 Å². The molecule has 0 amide bonds. The zero-order chi connectivity index (χ0) is 23.8. The number of rotatable bonds is 4. The molecule has 0 spiro atoms. The van der Waals surface area contributed by atoms with Gasteiger partial charge < -0.3 is 0 Å². The lowest BCUT2D eigenvalue weighted by molar-refractivity contribution is -0.0969. The summed E-state index contributed by atoms with van der Waals surface area (Å²) >= 11 is 0. The molecule has 6 rings (SSSR count). The standard InChI is InChI=1S/C35H48/c1-24-16-21-31-33(23-29-13-7-6-10-25(29)2)30-14-8-9-15-32(30)35(34(31)22-24)28-19-17-27(18-20-28)26-11-4-3-5-12-26/h3-7,10-13,24,27-28,30-35H,8-9,14-23H2,1-2H3/t24?,27?,28?,30?,31?,32?,33?,34-,35?/m1/s1. The first kappa shape index (κ1) is 23.8. The number of hydrogen-bond donors (Lipinski definition) is 0. The van der Waals surface area contributed by atoms with Crippen molar-refractivity contribution in [3.63, 3.8) is 0 Å². The molecule has 4 aliphatic rings. The fraction of sp³-hybridized carbons (Fsp3) is 0.657. The van der Waals surface area contributed by atoms with Gasteiger partial charge in [0, 0.05) is 0 Å². The summed E-state index contributed by atoms with van der Waals surface area (Å²) in [5, 5.41) is 0. The molecule has 4 fully saturated rings. The molecule has 6 unspecified atom stereocenters. The third-order valence-corrected chi connectivity index (χ3v) is 11.5. The molecule has 0 aliphatic heterocycles. The van der Waals surface area contributed by atoms with E-state index in [9.17, 15) is 0 Å². The maximum Gasteiger partial charge on any atom is -0.0162 e. The van der Waals surface area contributed by atoms with Crippen LogP contribution in [0.2, 0.25) is 0 Å². The highest BCUT2D eigenvalue weighted by atomic mass is 14.6. The summed E-state index contributed by atoms with van der Waals surface area (Å²) in [5.74, 6) is 8.73. The Morgan fingerprint density at radius 1 is 0.657 bits per heavy atom. The second-order valence-corrected chi connectivity index (χ2v) is 13.3. The van der Waals surface area contributed by atoms with Gasteiger partial charge in [-0.15, -0.1) is 0 Å². The van der Waals surface area contributed by atoms with Gasteiger partial charge in [0.15, 0.2) is 0 Å². The summed E-state index contributed by atoms with van der Waals surface area (Å²) in [4.78, 5) is 0. The average Bonchev–Trinajstić information content (AvgIpc) is 2.90. The SMILES string of the molecule is Cc1ccccc1CC1C2CCCCC2C(C2CCC(c3ccccc3)CC2)[C@@H]2CC(C)CCC12. The minimum atomic E-state index is 0.813. The summed E-state index contributed by atoms with van der Waals surface area (Å²) in [6.07, 6.45) is 17.8. The highest BCUT2D eigenvalue weighted by Crippen LogP contribution is 2.61. The predicted molar refractivity (Wildman–Crippen MR) is 148 cm³/mol. The van der Waals surface area contributed by atoms with Crippen LogP contribution in [-0.2, 0) is 6.42 Å². The second-order valence-electron chi connectivity index (χ2n) is 13.3. The molecule has 0 saturated heterocycles. The number of hydrogen-bond acceptors (Lipinski definition) is 0. The van der Waals surface area contributed by atoms with Crippen LogP contribution in [0.3, 0.4) is 0 Å². The molecular weight excluding hydrogens is 420 g/mol. The first-order valence-electron chi connectivity index (χ1n) is 15.3. The van der Waals surface area contributed by atoms with E-state index in [2.05, 4.69) is 68.4 Å². The van der Waals surface area contributed by atoms with Crippen LogP contribution in [0.4, 0.5) is 0 Å². The average molecular weight is 469 g/mol. The summed E-state index contributed by atoms with van der Waals surface area (Å²) in [6.45, 7) is 4.92. The molecule has 2 aromatic carbocycles. The summed E-state index contributed by atoms with van der Waals surface area (Å²) < 4.78 is 0. The van der Waals surface area contributed by atoms with Crippen LogP contribution in [0.25, 0.3) is 0 Å². The van der Waals surface area contributed by atoms with Gasteiger partial charge >= 0.3 is 0 Å². The van der Waals surface area contributed by atoms with Gasteiger partial charge in [0.1, 0.15) is 0 Å². The fourth-order valence-corrected chi connectivity index (χ4v) is 9.91. The molecule has 0 bridgehead atoms. The molecule has 0 heteroatoms. The van der Waals surface area contributed by atoms with E-state index in [0.29, 0.717) is 0 Å². The Balaban J connectivity index is 1.26. The van der Waals surface area contributed by atoms with E-state index in [1.54, 1.807) is 11.1 Å². The number of fused-ring (bicyclic) bond motifs is 2.